The number of nitrogens with one attached hydrogen (secondary N) is 2. The van der Waals surface area contributed by atoms with Crippen LogP contribution in [0.1, 0.15) is 31.0 Å². The van der Waals surface area contributed by atoms with Crippen LogP contribution in [0.2, 0.25) is 5.02 Å². The first-order valence-corrected chi connectivity index (χ1v) is 7.07. The Morgan fingerprint density at radius 3 is 2.40 bits per heavy atom. The van der Waals surface area contributed by atoms with Crippen molar-refractivity contribution in [2.24, 2.45) is 0 Å². The molecule has 1 atom stereocenters. The lowest BCUT2D eigenvalue weighted by Gasteiger charge is -2.18. The summed E-state index contributed by atoms with van der Waals surface area (Å²) in [6.45, 7) is 4.20. The molecule has 1 aromatic carbocycles. The van der Waals surface area contributed by atoms with Gasteiger partial charge in [-0.3, -0.25) is 0 Å². The van der Waals surface area contributed by atoms with Crippen molar-refractivity contribution in [1.29, 1.82) is 0 Å². The molecule has 2 aromatic rings. The predicted molar refractivity (Wildman–Crippen MR) is 84.4 cm³/mol. The van der Waals surface area contributed by atoms with E-state index in [9.17, 15) is 0 Å². The van der Waals surface area contributed by atoms with Gasteiger partial charge in [0.15, 0.2) is 0 Å². The van der Waals surface area contributed by atoms with Crippen molar-refractivity contribution in [3.8, 4) is 0 Å². The third-order valence-corrected chi connectivity index (χ3v) is 3.51. The number of hydrogen-bond donors (Lipinski definition) is 2. The first kappa shape index (κ1) is 14.6. The lowest BCUT2D eigenvalue weighted by molar-refractivity contribution is 0.863. The Kier molecular flexibility index (Phi) is 4.79. The van der Waals surface area contributed by atoms with E-state index in [4.69, 9.17) is 11.6 Å². The van der Waals surface area contributed by atoms with E-state index in [1.54, 1.807) is 6.33 Å². The minimum absolute atomic E-state index is 0.150. The van der Waals surface area contributed by atoms with Gasteiger partial charge in [0.25, 0.3) is 0 Å². The summed E-state index contributed by atoms with van der Waals surface area (Å²) >= 11 is 5.91. The van der Waals surface area contributed by atoms with Crippen LogP contribution in [0.5, 0.6) is 0 Å². The minimum atomic E-state index is 0.150. The van der Waals surface area contributed by atoms with Crippen molar-refractivity contribution < 1.29 is 0 Å². The quantitative estimate of drug-likeness (QED) is 0.876. The van der Waals surface area contributed by atoms with E-state index in [0.29, 0.717) is 0 Å². The second-order valence-corrected chi connectivity index (χ2v) is 5.01. The molecular weight excluding hydrogens is 272 g/mol. The first-order chi connectivity index (χ1) is 9.65. The second kappa shape index (κ2) is 6.57. The molecule has 2 N–H and O–H groups in total. The Hall–Kier alpha value is -1.81. The molecular formula is C15H19ClN4. The highest BCUT2D eigenvalue weighted by molar-refractivity contribution is 6.30. The van der Waals surface area contributed by atoms with Crippen LogP contribution in [0.15, 0.2) is 30.6 Å². The van der Waals surface area contributed by atoms with Gasteiger partial charge in [-0.15, -0.1) is 0 Å². The molecule has 5 heteroatoms. The predicted octanol–water partition coefficient (Wildman–Crippen LogP) is 3.91. The molecule has 106 valence electrons. The third-order valence-electron chi connectivity index (χ3n) is 3.26. The first-order valence-electron chi connectivity index (χ1n) is 6.69. The van der Waals surface area contributed by atoms with Gasteiger partial charge in [-0.25, -0.2) is 9.97 Å². The van der Waals surface area contributed by atoms with Gasteiger partial charge in [-0.2, -0.15) is 0 Å². The highest BCUT2D eigenvalue weighted by Crippen LogP contribution is 2.25. The fraction of sp³-hybridized carbons (Fsp3) is 0.333. The topological polar surface area (TPSA) is 49.8 Å². The molecule has 0 saturated carbocycles. The van der Waals surface area contributed by atoms with Gasteiger partial charge in [0.2, 0.25) is 0 Å². The molecule has 2 rings (SSSR count). The molecule has 4 nitrogen and oxygen atoms in total. The summed E-state index contributed by atoms with van der Waals surface area (Å²) in [5.74, 6) is 1.74. The molecule has 0 bridgehead atoms. The van der Waals surface area contributed by atoms with Gasteiger partial charge < -0.3 is 10.6 Å². The Morgan fingerprint density at radius 1 is 1.15 bits per heavy atom. The smallest absolute Gasteiger partial charge is 0.135 e. The van der Waals surface area contributed by atoms with E-state index in [2.05, 4.69) is 34.4 Å². The van der Waals surface area contributed by atoms with Crippen molar-refractivity contribution in [3.05, 3.63) is 46.7 Å². The molecule has 0 aliphatic rings. The lowest BCUT2D eigenvalue weighted by atomic mass is 10.1. The number of anilines is 2. The largest absolute Gasteiger partial charge is 0.373 e. The maximum absolute atomic E-state index is 5.91. The van der Waals surface area contributed by atoms with Crippen molar-refractivity contribution >= 4 is 23.2 Å². The summed E-state index contributed by atoms with van der Waals surface area (Å²) in [6.07, 6.45) is 2.44. The average molecular weight is 291 g/mol. The molecule has 0 spiro atoms. The van der Waals surface area contributed by atoms with Crippen LogP contribution in [0.4, 0.5) is 11.6 Å². The van der Waals surface area contributed by atoms with Crippen LogP contribution < -0.4 is 10.6 Å². The molecule has 1 aromatic heterocycles. The van der Waals surface area contributed by atoms with Crippen LogP contribution in [0, 0.1) is 0 Å². The zero-order chi connectivity index (χ0) is 14.5. The van der Waals surface area contributed by atoms with E-state index in [-0.39, 0.29) is 6.04 Å². The minimum Gasteiger partial charge on any atom is -0.373 e. The number of aromatic nitrogens is 2. The van der Waals surface area contributed by atoms with Crippen molar-refractivity contribution in [1.82, 2.24) is 9.97 Å². The van der Waals surface area contributed by atoms with Crippen molar-refractivity contribution in [3.63, 3.8) is 0 Å². The van der Waals surface area contributed by atoms with E-state index in [1.807, 2.05) is 31.3 Å². The van der Waals surface area contributed by atoms with Gasteiger partial charge in [-0.1, -0.05) is 30.7 Å². The van der Waals surface area contributed by atoms with Crippen molar-refractivity contribution in [2.45, 2.75) is 26.3 Å². The summed E-state index contributed by atoms with van der Waals surface area (Å²) in [5.41, 5.74) is 2.26. The maximum Gasteiger partial charge on any atom is 0.135 e. The van der Waals surface area contributed by atoms with Crippen LogP contribution in [-0.4, -0.2) is 17.0 Å². The number of benzene rings is 1. The number of halogens is 1. The Bertz CT molecular complexity index is 569. The normalized spacial score (nSPS) is 12.0. The maximum atomic E-state index is 5.91. The number of hydrogen-bond acceptors (Lipinski definition) is 4. The third kappa shape index (κ3) is 3.20. The number of rotatable bonds is 5. The Balaban J connectivity index is 2.23. The van der Waals surface area contributed by atoms with Crippen LogP contribution in [0.3, 0.4) is 0 Å². The van der Waals surface area contributed by atoms with Gasteiger partial charge in [-0.05, 0) is 31.0 Å². The Morgan fingerprint density at radius 2 is 1.80 bits per heavy atom. The summed E-state index contributed by atoms with van der Waals surface area (Å²) in [7, 11) is 1.87. The van der Waals surface area contributed by atoms with Gasteiger partial charge in [0, 0.05) is 23.7 Å². The standard InChI is InChI=1S/C15H19ClN4/c1-4-13-14(17-3)18-9-19-15(13)20-10(2)11-5-7-12(16)8-6-11/h5-10H,4H2,1-3H3,(H2,17,18,19,20). The molecule has 20 heavy (non-hydrogen) atoms. The molecule has 0 amide bonds. The lowest BCUT2D eigenvalue weighted by Crippen LogP contribution is -2.11. The molecule has 1 unspecified atom stereocenters. The molecule has 0 aliphatic heterocycles. The molecule has 0 radical (unpaired) electrons. The van der Waals surface area contributed by atoms with E-state index in [0.717, 1.165) is 28.6 Å². The average Bonchev–Trinajstić information content (AvgIpc) is 2.47. The zero-order valence-electron chi connectivity index (χ0n) is 11.9. The zero-order valence-corrected chi connectivity index (χ0v) is 12.7. The van der Waals surface area contributed by atoms with Crippen LogP contribution in [0.25, 0.3) is 0 Å². The monoisotopic (exact) mass is 290 g/mol. The number of nitrogens with zero attached hydrogens (tertiary/aromatic N) is 2. The van der Waals surface area contributed by atoms with Gasteiger partial charge in [0.1, 0.15) is 18.0 Å². The molecule has 0 aliphatic carbocycles. The molecule has 0 fully saturated rings. The SMILES string of the molecule is CCc1c(NC)ncnc1NC(C)c1ccc(Cl)cc1. The van der Waals surface area contributed by atoms with Crippen LogP contribution >= 0.6 is 11.6 Å². The van der Waals surface area contributed by atoms with Crippen molar-refractivity contribution in [2.75, 3.05) is 17.7 Å². The fourth-order valence-corrected chi connectivity index (χ4v) is 2.25. The summed E-state index contributed by atoms with van der Waals surface area (Å²) in [5, 5.41) is 7.28. The van der Waals surface area contributed by atoms with E-state index < -0.39 is 0 Å². The molecule has 0 saturated heterocycles. The Labute approximate surface area is 124 Å². The summed E-state index contributed by atoms with van der Waals surface area (Å²) in [4.78, 5) is 8.59. The molecule has 1 heterocycles. The van der Waals surface area contributed by atoms with Gasteiger partial charge in [0.05, 0.1) is 0 Å². The summed E-state index contributed by atoms with van der Waals surface area (Å²) in [6, 6.07) is 7.98. The summed E-state index contributed by atoms with van der Waals surface area (Å²) < 4.78 is 0. The second-order valence-electron chi connectivity index (χ2n) is 4.57. The van der Waals surface area contributed by atoms with Gasteiger partial charge >= 0.3 is 0 Å². The highest BCUT2D eigenvalue weighted by Gasteiger charge is 2.12. The van der Waals surface area contributed by atoms with E-state index in [1.165, 1.54) is 5.56 Å². The highest BCUT2D eigenvalue weighted by atomic mass is 35.5. The van der Waals surface area contributed by atoms with Crippen LogP contribution in [-0.2, 0) is 6.42 Å². The fourth-order valence-electron chi connectivity index (χ4n) is 2.13. The van der Waals surface area contributed by atoms with E-state index >= 15 is 0 Å².